The molecule has 0 aromatic heterocycles. The predicted molar refractivity (Wildman–Crippen MR) is 150 cm³/mol. The number of unbranched alkanes of at least 4 members (excludes halogenated alkanes) is 8. The van der Waals surface area contributed by atoms with Gasteiger partial charge in [0.05, 0.1) is 12.1 Å². The molecule has 0 heterocycles. The van der Waals surface area contributed by atoms with Gasteiger partial charge in [0.1, 0.15) is 18.7 Å². The Morgan fingerprint density at radius 1 is 0.775 bits per heavy atom. The third-order valence-corrected chi connectivity index (χ3v) is 6.63. The fraction of sp³-hybridized carbons (Fsp3) is 0.815. The Morgan fingerprint density at radius 2 is 1.35 bits per heavy atom. The first-order chi connectivity index (χ1) is 19.0. The molecule has 0 aliphatic rings. The van der Waals surface area contributed by atoms with E-state index in [4.69, 9.17) is 16.7 Å². The van der Waals surface area contributed by atoms with E-state index < -0.39 is 47.9 Å². The number of nitrogens with two attached hydrogens (primary N) is 2. The summed E-state index contributed by atoms with van der Waals surface area (Å²) in [7, 11) is 0. The van der Waals surface area contributed by atoms with Gasteiger partial charge in [-0.2, -0.15) is 0 Å². The topological polar surface area (TPSA) is 223 Å². The summed E-state index contributed by atoms with van der Waals surface area (Å²) < 4.78 is 0. The van der Waals surface area contributed by atoms with E-state index >= 15 is 0 Å². The van der Waals surface area contributed by atoms with Gasteiger partial charge in [-0.3, -0.25) is 24.4 Å². The molecule has 0 aromatic carbocycles. The lowest BCUT2D eigenvalue weighted by atomic mass is 10.1. The smallest absolute Gasteiger partial charge is 0.326 e. The Morgan fingerprint density at radius 3 is 1.90 bits per heavy atom. The van der Waals surface area contributed by atoms with Crippen molar-refractivity contribution in [1.29, 1.82) is 0 Å². The van der Waals surface area contributed by atoms with Crippen LogP contribution >= 0.6 is 0 Å². The highest BCUT2D eigenvalue weighted by Gasteiger charge is 2.25. The predicted octanol–water partition coefficient (Wildman–Crippen LogP) is 1.72. The van der Waals surface area contributed by atoms with E-state index in [-0.39, 0.29) is 31.8 Å². The maximum atomic E-state index is 12.5. The van der Waals surface area contributed by atoms with Gasteiger partial charge in [0, 0.05) is 12.8 Å². The molecule has 0 aliphatic carbocycles. The van der Waals surface area contributed by atoms with Crippen LogP contribution in [0.4, 0.5) is 0 Å². The zero-order chi connectivity index (χ0) is 30.3. The fourth-order valence-corrected chi connectivity index (χ4v) is 4.12. The van der Waals surface area contributed by atoms with Gasteiger partial charge in [0.2, 0.25) is 23.6 Å². The van der Waals surface area contributed by atoms with Crippen LogP contribution in [0.2, 0.25) is 0 Å². The van der Waals surface area contributed by atoms with E-state index in [0.717, 1.165) is 25.7 Å². The minimum absolute atomic E-state index is 0.189. The normalized spacial score (nSPS) is 14.0. The molecule has 0 rings (SSSR count). The molecule has 232 valence electrons. The van der Waals surface area contributed by atoms with Crippen molar-refractivity contribution < 1.29 is 39.2 Å². The monoisotopic (exact) mass is 573 g/mol. The summed E-state index contributed by atoms with van der Waals surface area (Å²) in [5.41, 5.74) is 10.7. The van der Waals surface area contributed by atoms with Crippen LogP contribution in [-0.4, -0.2) is 70.7 Å². The molecule has 0 fully saturated rings. The van der Waals surface area contributed by atoms with Crippen molar-refractivity contribution in [2.75, 3.05) is 6.61 Å². The summed E-state index contributed by atoms with van der Waals surface area (Å²) in [6.45, 7) is 3.44. The van der Waals surface area contributed by atoms with Crippen LogP contribution in [0.3, 0.4) is 0 Å². The van der Waals surface area contributed by atoms with Gasteiger partial charge in [-0.25, -0.2) is 9.68 Å². The summed E-state index contributed by atoms with van der Waals surface area (Å²) in [5.74, 6) is -3.40. The molecule has 4 unspecified atom stereocenters. The molecule has 0 spiro atoms. The zero-order valence-corrected chi connectivity index (χ0v) is 24.1. The molecule has 13 nitrogen and oxygen atoms in total. The lowest BCUT2D eigenvalue weighted by Gasteiger charge is -2.20. The minimum Gasteiger partial charge on any atom is -0.480 e. The zero-order valence-electron chi connectivity index (χ0n) is 24.1. The third kappa shape index (κ3) is 19.3. The number of nitrogens with one attached hydrogen (secondary N) is 3. The fourth-order valence-electron chi connectivity index (χ4n) is 4.12. The van der Waals surface area contributed by atoms with Crippen LogP contribution in [0.1, 0.15) is 110 Å². The molecule has 0 saturated heterocycles. The molecule has 9 N–H and O–H groups in total. The van der Waals surface area contributed by atoms with Gasteiger partial charge < -0.3 is 32.5 Å². The van der Waals surface area contributed by atoms with E-state index in [1.54, 1.807) is 0 Å². The molecule has 0 bridgehead atoms. The molecule has 4 atom stereocenters. The van der Waals surface area contributed by atoms with Gasteiger partial charge in [-0.1, -0.05) is 58.3 Å². The largest absolute Gasteiger partial charge is 0.480 e. The van der Waals surface area contributed by atoms with E-state index in [0.29, 0.717) is 19.3 Å². The Labute approximate surface area is 237 Å². The van der Waals surface area contributed by atoms with Crippen molar-refractivity contribution in [3.8, 4) is 0 Å². The number of hydrogen-bond acceptors (Lipinski definition) is 8. The highest BCUT2D eigenvalue weighted by atomic mass is 17.1. The van der Waals surface area contributed by atoms with Gasteiger partial charge >= 0.3 is 5.97 Å². The first kappa shape index (κ1) is 37.2. The Bertz CT molecular complexity index is 767. The highest BCUT2D eigenvalue weighted by Crippen LogP contribution is 2.11. The molecular weight excluding hydrogens is 522 g/mol. The van der Waals surface area contributed by atoms with Gasteiger partial charge in [0.25, 0.3) is 0 Å². The van der Waals surface area contributed by atoms with Gasteiger partial charge in [-0.15, -0.1) is 0 Å². The number of amides is 4. The van der Waals surface area contributed by atoms with E-state index in [9.17, 15) is 29.1 Å². The average Bonchev–Trinajstić information content (AvgIpc) is 2.89. The molecule has 13 heteroatoms. The summed E-state index contributed by atoms with van der Waals surface area (Å²) >= 11 is 0. The van der Waals surface area contributed by atoms with Crippen LogP contribution < -0.4 is 27.4 Å². The van der Waals surface area contributed by atoms with Crippen molar-refractivity contribution in [1.82, 2.24) is 16.0 Å². The number of rotatable bonds is 25. The minimum atomic E-state index is -1.34. The number of carboxylic acids is 1. The van der Waals surface area contributed by atoms with Crippen LogP contribution in [0.5, 0.6) is 0 Å². The summed E-state index contributed by atoms with van der Waals surface area (Å²) in [6, 6.07) is -3.69. The Hall–Kier alpha value is -2.77. The lowest BCUT2D eigenvalue weighted by molar-refractivity contribution is -0.246. The Balaban J connectivity index is 4.42. The molecule has 0 radical (unpaired) electrons. The second kappa shape index (κ2) is 23.0. The van der Waals surface area contributed by atoms with Gasteiger partial charge in [0.15, 0.2) is 0 Å². The quantitative estimate of drug-likeness (QED) is 0.0479. The summed E-state index contributed by atoms with van der Waals surface area (Å²) in [4.78, 5) is 63.8. The Kier molecular flexibility index (Phi) is 21.4. The molecule has 0 aliphatic heterocycles. The summed E-state index contributed by atoms with van der Waals surface area (Å²) in [5, 5.41) is 25.8. The maximum absolute atomic E-state index is 12.5. The summed E-state index contributed by atoms with van der Waals surface area (Å²) in [6.07, 6.45) is 11.0. The van der Waals surface area contributed by atoms with Crippen molar-refractivity contribution >= 4 is 29.6 Å². The van der Waals surface area contributed by atoms with Crippen molar-refractivity contribution in [3.63, 3.8) is 0 Å². The number of carbonyl (C=O) groups is 5. The number of primary amides is 1. The lowest BCUT2D eigenvalue weighted by Crippen LogP contribution is -2.50. The maximum Gasteiger partial charge on any atom is 0.326 e. The standard InChI is InChI=1S/C27H51N5O8/c1-3-4-5-6-7-8-9-10-11-15-23(33)30-19(2)26(36)32-22(27(37)38)16-17-24(34)31-20(18-40-39)13-12-14-21(28)25(29)35/h19-22,39H,3-18,28H2,1-2H3,(H2,29,35)(H,30,33)(H,31,34)(H,32,36)(H,37,38). The number of carboxylic acid groups (broad SMARTS) is 1. The van der Waals surface area contributed by atoms with Crippen molar-refractivity contribution in [3.05, 3.63) is 0 Å². The molecule has 4 amide bonds. The first-order valence-electron chi connectivity index (χ1n) is 14.4. The molecule has 40 heavy (non-hydrogen) atoms. The number of hydrogen-bond donors (Lipinski definition) is 7. The first-order valence-corrected chi connectivity index (χ1v) is 14.4. The molecular formula is C27H51N5O8. The number of aliphatic carboxylic acids is 1. The number of carbonyl (C=O) groups excluding carboxylic acids is 4. The second-order valence-electron chi connectivity index (χ2n) is 10.3. The SMILES string of the molecule is CCCCCCCCCCCC(=O)NC(C)C(=O)NC(CCC(=O)NC(CCCC(N)C(N)=O)COO)C(=O)O. The van der Waals surface area contributed by atoms with Crippen LogP contribution in [0.15, 0.2) is 0 Å². The highest BCUT2D eigenvalue weighted by molar-refractivity contribution is 5.90. The average molecular weight is 574 g/mol. The third-order valence-electron chi connectivity index (χ3n) is 6.63. The molecule has 0 aromatic rings. The van der Waals surface area contributed by atoms with Crippen LogP contribution in [0.25, 0.3) is 0 Å². The molecule has 0 saturated carbocycles. The van der Waals surface area contributed by atoms with E-state index in [1.807, 2.05) is 0 Å². The van der Waals surface area contributed by atoms with Crippen LogP contribution in [0, 0.1) is 0 Å². The van der Waals surface area contributed by atoms with E-state index in [1.165, 1.54) is 39.0 Å². The van der Waals surface area contributed by atoms with Crippen molar-refractivity contribution in [2.45, 2.75) is 134 Å². The van der Waals surface area contributed by atoms with E-state index in [2.05, 4.69) is 27.8 Å². The van der Waals surface area contributed by atoms with Gasteiger partial charge in [-0.05, 0) is 39.0 Å². The van der Waals surface area contributed by atoms with Crippen molar-refractivity contribution in [2.24, 2.45) is 11.5 Å². The second-order valence-corrected chi connectivity index (χ2v) is 10.3. The van der Waals surface area contributed by atoms with Crippen LogP contribution in [-0.2, 0) is 28.9 Å².